The van der Waals surface area contributed by atoms with Crippen LogP contribution in [0.25, 0.3) is 16.8 Å². The Labute approximate surface area is 186 Å². The molecule has 0 unspecified atom stereocenters. The Morgan fingerprint density at radius 3 is 2.50 bits per heavy atom. The number of anilines is 1. The second-order valence-electron chi connectivity index (χ2n) is 7.08. The Kier molecular flexibility index (Phi) is 5.60. The number of amides is 1. The number of fused-ring (bicyclic) bond motifs is 1. The topological polar surface area (TPSA) is 72.2 Å². The second-order valence-corrected chi connectivity index (χ2v) is 7.52. The van der Waals surface area contributed by atoms with Crippen LogP contribution in [0, 0.1) is 6.92 Å². The predicted molar refractivity (Wildman–Crippen MR) is 115 cm³/mol. The average Bonchev–Trinajstić information content (AvgIpc) is 3.14. The number of aryl methyl sites for hydroxylation is 2. The molecule has 0 spiro atoms. The van der Waals surface area contributed by atoms with Gasteiger partial charge in [0.25, 0.3) is 5.91 Å². The Hall–Kier alpha value is -3.46. The molecular weight excluding hydrogens is 443 g/mol. The molecular formula is C22H17ClF3N5O. The number of carbonyl (C=O) groups is 1. The van der Waals surface area contributed by atoms with E-state index in [1.807, 2.05) is 19.1 Å². The van der Waals surface area contributed by atoms with Crippen molar-refractivity contribution in [3.8, 4) is 11.1 Å². The molecule has 2 aromatic carbocycles. The third kappa shape index (κ3) is 4.03. The number of carbonyl (C=O) groups excluding carboxylic acids is 1. The van der Waals surface area contributed by atoms with E-state index in [4.69, 9.17) is 11.6 Å². The van der Waals surface area contributed by atoms with E-state index in [-0.39, 0.29) is 11.4 Å². The number of nitrogens with zero attached hydrogens (tertiary/aromatic N) is 4. The van der Waals surface area contributed by atoms with Gasteiger partial charge in [0.15, 0.2) is 11.3 Å². The maximum absolute atomic E-state index is 12.9. The Balaban J connectivity index is 1.73. The van der Waals surface area contributed by atoms with Crippen LogP contribution in [-0.4, -0.2) is 25.7 Å². The Morgan fingerprint density at radius 2 is 1.84 bits per heavy atom. The lowest BCUT2D eigenvalue weighted by molar-refractivity contribution is -0.137. The number of rotatable bonds is 4. The van der Waals surface area contributed by atoms with Crippen LogP contribution in [-0.2, 0) is 12.6 Å². The van der Waals surface area contributed by atoms with Crippen LogP contribution in [0.3, 0.4) is 0 Å². The number of aromatic nitrogens is 4. The van der Waals surface area contributed by atoms with Crippen molar-refractivity contribution in [3.63, 3.8) is 0 Å². The lowest BCUT2D eigenvalue weighted by Gasteiger charge is -2.10. The fourth-order valence-electron chi connectivity index (χ4n) is 3.38. The molecule has 0 aliphatic rings. The summed E-state index contributed by atoms with van der Waals surface area (Å²) in [5.74, 6) is -0.683. The highest BCUT2D eigenvalue weighted by atomic mass is 35.5. The number of nitrogens with one attached hydrogen (secondary N) is 1. The Bertz CT molecular complexity index is 1320. The normalized spacial score (nSPS) is 11.7. The first-order valence-electron chi connectivity index (χ1n) is 9.68. The monoisotopic (exact) mass is 459 g/mol. The number of benzene rings is 2. The first-order valence-corrected chi connectivity index (χ1v) is 10.1. The van der Waals surface area contributed by atoms with Crippen molar-refractivity contribution in [2.24, 2.45) is 0 Å². The molecule has 0 saturated carbocycles. The molecule has 6 nitrogen and oxygen atoms in total. The molecule has 0 bridgehead atoms. The molecule has 4 aromatic rings. The first kappa shape index (κ1) is 21.8. The summed E-state index contributed by atoms with van der Waals surface area (Å²) in [6.07, 6.45) is -3.90. The summed E-state index contributed by atoms with van der Waals surface area (Å²) < 4.78 is 40.4. The van der Waals surface area contributed by atoms with E-state index in [1.54, 1.807) is 19.1 Å². The highest BCUT2D eigenvalue weighted by Gasteiger charge is 2.30. The van der Waals surface area contributed by atoms with Gasteiger partial charge in [0, 0.05) is 10.7 Å². The number of hydrogen-bond donors (Lipinski definition) is 1. The van der Waals surface area contributed by atoms with Crippen molar-refractivity contribution in [1.29, 1.82) is 0 Å². The standard InChI is InChI=1S/C22H17ClF3N5O/c1-3-17-18(13-7-9-15(23)10-8-13)20-29-28-19(12(2)31(20)30-17)21(32)27-16-6-4-5-14(11-16)22(24,25)26/h4-11H,3H2,1-2H3,(H,27,32). The van der Waals surface area contributed by atoms with Gasteiger partial charge in [-0.3, -0.25) is 4.79 Å². The van der Waals surface area contributed by atoms with Crippen molar-refractivity contribution >= 4 is 28.8 Å². The third-order valence-electron chi connectivity index (χ3n) is 4.97. The molecule has 0 saturated heterocycles. The molecule has 0 fully saturated rings. The number of alkyl halides is 3. The van der Waals surface area contributed by atoms with Crippen LogP contribution < -0.4 is 5.32 Å². The SMILES string of the molecule is CCc1nn2c(C)c(C(=O)Nc3cccc(C(F)(F)F)c3)nnc2c1-c1ccc(Cl)cc1. The van der Waals surface area contributed by atoms with Crippen molar-refractivity contribution in [1.82, 2.24) is 19.8 Å². The highest BCUT2D eigenvalue weighted by molar-refractivity contribution is 6.30. The molecule has 0 radical (unpaired) electrons. The van der Waals surface area contributed by atoms with Gasteiger partial charge in [-0.2, -0.15) is 18.3 Å². The zero-order valence-corrected chi connectivity index (χ0v) is 17.8. The van der Waals surface area contributed by atoms with E-state index in [9.17, 15) is 18.0 Å². The molecule has 0 aliphatic heterocycles. The van der Waals surface area contributed by atoms with Crippen molar-refractivity contribution < 1.29 is 18.0 Å². The first-order chi connectivity index (χ1) is 15.2. The highest BCUT2D eigenvalue weighted by Crippen LogP contribution is 2.31. The summed E-state index contributed by atoms with van der Waals surface area (Å²) >= 11 is 5.99. The van der Waals surface area contributed by atoms with E-state index < -0.39 is 17.6 Å². The van der Waals surface area contributed by atoms with Gasteiger partial charge in [0.05, 0.1) is 22.5 Å². The molecule has 1 amide bonds. The van der Waals surface area contributed by atoms with Gasteiger partial charge in [0.1, 0.15) is 0 Å². The quantitative estimate of drug-likeness (QED) is 0.432. The van der Waals surface area contributed by atoms with Gasteiger partial charge in [-0.1, -0.05) is 36.7 Å². The summed E-state index contributed by atoms with van der Waals surface area (Å²) in [4.78, 5) is 12.8. The summed E-state index contributed by atoms with van der Waals surface area (Å²) in [6, 6.07) is 11.6. The maximum Gasteiger partial charge on any atom is 0.416 e. The van der Waals surface area contributed by atoms with Crippen molar-refractivity contribution in [2.75, 3.05) is 5.32 Å². The lowest BCUT2D eigenvalue weighted by atomic mass is 10.0. The zero-order chi connectivity index (χ0) is 23.0. The van der Waals surface area contributed by atoms with E-state index in [2.05, 4.69) is 20.6 Å². The van der Waals surface area contributed by atoms with Crippen LogP contribution in [0.1, 0.15) is 34.4 Å². The van der Waals surface area contributed by atoms with E-state index in [0.29, 0.717) is 22.8 Å². The molecule has 32 heavy (non-hydrogen) atoms. The van der Waals surface area contributed by atoms with Crippen molar-refractivity contribution in [3.05, 3.63) is 76.2 Å². The molecule has 164 valence electrons. The number of halogens is 4. The number of hydrogen-bond acceptors (Lipinski definition) is 4. The molecule has 0 atom stereocenters. The van der Waals surface area contributed by atoms with Gasteiger partial charge < -0.3 is 5.32 Å². The van der Waals surface area contributed by atoms with Crippen LogP contribution in [0.5, 0.6) is 0 Å². The minimum absolute atomic E-state index is 0.00249. The summed E-state index contributed by atoms with van der Waals surface area (Å²) in [7, 11) is 0. The summed E-state index contributed by atoms with van der Waals surface area (Å²) in [5.41, 5.74) is 2.39. The fraction of sp³-hybridized carbons (Fsp3) is 0.182. The molecule has 0 aliphatic carbocycles. The van der Waals surface area contributed by atoms with E-state index >= 15 is 0 Å². The van der Waals surface area contributed by atoms with Crippen LogP contribution in [0.4, 0.5) is 18.9 Å². The van der Waals surface area contributed by atoms with Crippen molar-refractivity contribution in [2.45, 2.75) is 26.4 Å². The van der Waals surface area contributed by atoms with Crippen LogP contribution >= 0.6 is 11.6 Å². The minimum atomic E-state index is -4.51. The van der Waals surface area contributed by atoms with Gasteiger partial charge >= 0.3 is 6.18 Å². The fourth-order valence-corrected chi connectivity index (χ4v) is 3.51. The lowest BCUT2D eigenvalue weighted by Crippen LogP contribution is -2.19. The van der Waals surface area contributed by atoms with E-state index in [0.717, 1.165) is 29.0 Å². The molecule has 10 heteroatoms. The molecule has 2 heterocycles. The smallest absolute Gasteiger partial charge is 0.321 e. The Morgan fingerprint density at radius 1 is 1.12 bits per heavy atom. The van der Waals surface area contributed by atoms with Gasteiger partial charge in [-0.15, -0.1) is 10.2 Å². The van der Waals surface area contributed by atoms with Crippen LogP contribution in [0.2, 0.25) is 5.02 Å². The maximum atomic E-state index is 12.9. The van der Waals surface area contributed by atoms with Gasteiger partial charge in [-0.05, 0) is 49.2 Å². The average molecular weight is 460 g/mol. The van der Waals surface area contributed by atoms with E-state index in [1.165, 1.54) is 16.6 Å². The van der Waals surface area contributed by atoms with Gasteiger partial charge in [0.2, 0.25) is 0 Å². The zero-order valence-electron chi connectivity index (χ0n) is 17.0. The van der Waals surface area contributed by atoms with Gasteiger partial charge in [-0.25, -0.2) is 4.52 Å². The van der Waals surface area contributed by atoms with Crippen LogP contribution in [0.15, 0.2) is 48.5 Å². The summed E-state index contributed by atoms with van der Waals surface area (Å²) in [5, 5.41) is 15.9. The molecule has 2 aromatic heterocycles. The largest absolute Gasteiger partial charge is 0.416 e. The molecule has 1 N–H and O–H groups in total. The third-order valence-corrected chi connectivity index (χ3v) is 5.22. The predicted octanol–water partition coefficient (Wildman–Crippen LogP) is 5.59. The summed E-state index contributed by atoms with van der Waals surface area (Å²) in [6.45, 7) is 3.60. The molecule has 4 rings (SSSR count). The minimum Gasteiger partial charge on any atom is -0.321 e. The second kappa shape index (κ2) is 8.23.